The average Bonchev–Trinajstić information content (AvgIpc) is 3.17. The van der Waals surface area contributed by atoms with Crippen molar-refractivity contribution in [1.82, 2.24) is 29.7 Å². The Hall–Kier alpha value is -1.59. The Kier molecular flexibility index (Phi) is 10.1. The van der Waals surface area contributed by atoms with Gasteiger partial charge in [0.1, 0.15) is 11.6 Å². The van der Waals surface area contributed by atoms with Crippen LogP contribution in [0, 0.1) is 13.8 Å². The maximum absolute atomic E-state index is 12.7. The largest absolute Gasteiger partial charge is 1.00 e. The molecule has 0 amide bonds. The number of ketones is 1. The number of aromatic nitrogens is 6. The van der Waals surface area contributed by atoms with Crippen molar-refractivity contribution in [3.63, 3.8) is 0 Å². The number of halogens is 1. The van der Waals surface area contributed by atoms with Crippen molar-refractivity contribution < 1.29 is 37.0 Å². The molecule has 0 aromatic carbocycles. The van der Waals surface area contributed by atoms with Gasteiger partial charge in [-0.1, -0.05) is 0 Å². The molecule has 2 heterocycles. The number of Topliss-reactive ketones (excluding diaryl/α,β-unsaturated/α-hetero) is 1. The molecule has 3 rings (SSSR count). The summed E-state index contributed by atoms with van der Waals surface area (Å²) in [6.07, 6.45) is 6.51. The van der Waals surface area contributed by atoms with Crippen LogP contribution in [0.4, 0.5) is 0 Å². The van der Waals surface area contributed by atoms with Crippen LogP contribution in [0.1, 0.15) is 18.6 Å². The van der Waals surface area contributed by atoms with Gasteiger partial charge in [-0.15, -0.1) is 10.2 Å². The molecule has 1 N–H and O–H groups in total. The minimum absolute atomic E-state index is 0. The first-order chi connectivity index (χ1) is 13.4. The molecular weight excluding hydrogens is 535 g/mol. The number of rotatable bonds is 4. The molecule has 0 spiro atoms. The summed E-state index contributed by atoms with van der Waals surface area (Å²) in [5.74, 6) is 0.940. The van der Waals surface area contributed by atoms with E-state index in [4.69, 9.17) is 25.3 Å². The average molecular weight is 549 g/mol. The molecule has 29 heavy (non-hydrogen) atoms. The molecular formula is C15H14ClCu2N8OS2. The van der Waals surface area contributed by atoms with E-state index >= 15 is 0 Å². The fraction of sp³-hybridized carbons (Fsp3) is 0.200. The van der Waals surface area contributed by atoms with Crippen molar-refractivity contribution in [2.45, 2.75) is 31.1 Å². The first-order valence-electron chi connectivity index (χ1n) is 7.62. The molecule has 2 aromatic rings. The van der Waals surface area contributed by atoms with Gasteiger partial charge >= 0.3 is 42.3 Å². The first kappa shape index (κ1) is 25.4. The topological polar surface area (TPSA) is 103 Å². The molecule has 2 aromatic heterocycles. The number of carbonyl (C=O) groups is 1. The summed E-state index contributed by atoms with van der Waals surface area (Å²) < 4.78 is 2.90. The molecule has 0 bridgehead atoms. The molecule has 0 aliphatic heterocycles. The predicted octanol–water partition coefficient (Wildman–Crippen LogP) is 1.40. The second-order valence-electron chi connectivity index (χ2n) is 5.50. The minimum Gasteiger partial charge on any atom is 1.00 e. The minimum atomic E-state index is -0.194. The smallest absolute Gasteiger partial charge is 1.00 e. The molecule has 1 aliphatic rings. The Morgan fingerprint density at radius 1 is 1.07 bits per heavy atom. The van der Waals surface area contributed by atoms with Crippen molar-refractivity contribution in [2.75, 3.05) is 5.43 Å². The molecule has 0 saturated carbocycles. The normalized spacial score (nSPS) is 14.8. The van der Waals surface area contributed by atoms with Crippen LogP contribution in [0.3, 0.4) is 0 Å². The third-order valence-corrected chi connectivity index (χ3v) is 4.03. The first-order valence-corrected chi connectivity index (χ1v) is 9.73. The molecule has 9 nitrogen and oxygen atoms in total. The van der Waals surface area contributed by atoms with E-state index in [1.165, 1.54) is 15.6 Å². The second kappa shape index (κ2) is 11.6. The summed E-state index contributed by atoms with van der Waals surface area (Å²) in [4.78, 5) is 12.7. The Balaban J connectivity index is 0.00000136. The maximum Gasteiger partial charge on any atom is 1.00 e. The third-order valence-electron chi connectivity index (χ3n) is 3.52. The van der Waals surface area contributed by atoms with E-state index in [1.807, 2.05) is 6.92 Å². The fourth-order valence-corrected chi connectivity index (χ4v) is 2.70. The number of hydrogen-bond acceptors (Lipinski definition) is 9. The summed E-state index contributed by atoms with van der Waals surface area (Å²) in [7, 11) is 4.20. The van der Waals surface area contributed by atoms with Gasteiger partial charge in [-0.25, -0.2) is 9.35 Å². The van der Waals surface area contributed by atoms with Gasteiger partial charge in [-0.05, 0) is 38.5 Å². The van der Waals surface area contributed by atoms with Gasteiger partial charge in [0, 0.05) is 27.7 Å². The van der Waals surface area contributed by atoms with Gasteiger partial charge in [-0.3, -0.25) is 10.2 Å². The van der Waals surface area contributed by atoms with Crippen LogP contribution in [0.2, 0.25) is 0 Å². The number of nitrogens with zero attached hydrogens (tertiary/aromatic N) is 7. The van der Waals surface area contributed by atoms with Gasteiger partial charge in [0.2, 0.25) is 0 Å². The van der Waals surface area contributed by atoms with E-state index in [1.54, 1.807) is 32.2 Å². The number of nitrogens with one attached hydrogen (secondary N) is 1. The molecule has 0 saturated heterocycles. The van der Waals surface area contributed by atoms with E-state index < -0.39 is 0 Å². The van der Waals surface area contributed by atoms with E-state index in [2.05, 4.69) is 56.1 Å². The quantitative estimate of drug-likeness (QED) is 0.265. The second-order valence-corrected chi connectivity index (χ2v) is 6.23. The van der Waals surface area contributed by atoms with E-state index in [-0.39, 0.29) is 33.2 Å². The van der Waals surface area contributed by atoms with E-state index in [9.17, 15) is 4.79 Å². The summed E-state index contributed by atoms with van der Waals surface area (Å²) >= 11 is 13.8. The van der Waals surface area contributed by atoms with Crippen molar-refractivity contribution in [3.05, 3.63) is 46.7 Å². The summed E-state index contributed by atoms with van der Waals surface area (Å²) in [6.45, 7) is 5.37. The van der Waals surface area contributed by atoms with Crippen molar-refractivity contribution in [3.8, 4) is 0 Å². The van der Waals surface area contributed by atoms with Gasteiger partial charge in [0.05, 0.1) is 6.21 Å². The van der Waals surface area contributed by atoms with Crippen LogP contribution in [-0.2, 0) is 62.2 Å². The molecule has 0 unspecified atom stereocenters. The SMILES string of the molecule is CC1=C/C(=C/Nn2c(C)nnc2[S-])C(=O)C(/C=N\n2c(C)nnc2[S-])=C1.[Cl][Cu+].[Cu+]. The Morgan fingerprint density at radius 2 is 1.69 bits per heavy atom. The molecule has 1 aliphatic carbocycles. The Labute approximate surface area is 201 Å². The van der Waals surface area contributed by atoms with Crippen LogP contribution in [0.25, 0.3) is 0 Å². The van der Waals surface area contributed by atoms with Crippen LogP contribution < -0.4 is 5.43 Å². The van der Waals surface area contributed by atoms with Crippen LogP contribution in [-0.4, -0.2) is 41.7 Å². The predicted molar refractivity (Wildman–Crippen MR) is 105 cm³/mol. The van der Waals surface area contributed by atoms with Crippen LogP contribution >= 0.6 is 10.1 Å². The zero-order valence-electron chi connectivity index (χ0n) is 15.1. The fourth-order valence-electron chi connectivity index (χ4n) is 2.25. The van der Waals surface area contributed by atoms with Crippen molar-refractivity contribution in [2.24, 2.45) is 5.10 Å². The number of carbonyl (C=O) groups excluding carboxylic acids is 1. The maximum atomic E-state index is 12.7. The van der Waals surface area contributed by atoms with Crippen molar-refractivity contribution >= 4 is 47.4 Å². The van der Waals surface area contributed by atoms with E-state index in [0.717, 1.165) is 5.57 Å². The summed E-state index contributed by atoms with van der Waals surface area (Å²) in [5.41, 5.74) is 4.71. The number of allylic oxidation sites excluding steroid dienone is 5. The van der Waals surface area contributed by atoms with Gasteiger partial charge in [0.25, 0.3) is 0 Å². The Morgan fingerprint density at radius 3 is 2.24 bits per heavy atom. The zero-order chi connectivity index (χ0) is 20.8. The van der Waals surface area contributed by atoms with Crippen LogP contribution in [0.15, 0.2) is 50.5 Å². The van der Waals surface area contributed by atoms with E-state index in [0.29, 0.717) is 22.8 Å². The van der Waals surface area contributed by atoms with Gasteiger partial charge < -0.3 is 25.3 Å². The monoisotopic (exact) mass is 547 g/mol. The number of hydrogen-bond donors (Lipinski definition) is 1. The molecule has 0 fully saturated rings. The molecule has 0 radical (unpaired) electrons. The number of aryl methyl sites for hydroxylation is 2. The molecule has 0 atom stereocenters. The molecule has 161 valence electrons. The van der Waals surface area contributed by atoms with Crippen molar-refractivity contribution in [1.29, 1.82) is 0 Å². The van der Waals surface area contributed by atoms with Gasteiger partial charge in [-0.2, -0.15) is 15.3 Å². The summed E-state index contributed by atoms with van der Waals surface area (Å²) in [6, 6.07) is 0. The van der Waals surface area contributed by atoms with Gasteiger partial charge in [0.15, 0.2) is 5.78 Å². The Bertz CT molecular complexity index is 973. The standard InChI is InChI=1S/C15H16N8OS2.ClH.2Cu/c1-8-4-11(6-16-22-9(2)18-20-14(22)25)13(24)12(5-8)7-17-23-10(3)19-21-15(23)26;;;/h4-7,16H,1-3H3,(H,20,25)(H,21,26);1H;;/q;;+1;+2/p-3/b11-6-,17-7-;;;. The third kappa shape index (κ3) is 6.19. The molecule has 14 heteroatoms. The zero-order valence-corrected chi connectivity index (χ0v) is 19.4. The van der Waals surface area contributed by atoms with Crippen LogP contribution in [0.5, 0.6) is 0 Å². The summed E-state index contributed by atoms with van der Waals surface area (Å²) in [5, 5.41) is 19.9.